The maximum Gasteiger partial charge on any atom is 0.397 e. The first-order chi connectivity index (χ1) is 10.7. The summed E-state index contributed by atoms with van der Waals surface area (Å²) in [6.07, 6.45) is -0.840. The van der Waals surface area contributed by atoms with Crippen LogP contribution in [-0.4, -0.2) is 31.6 Å². The topological polar surface area (TPSA) is 47.6 Å². The SMILES string of the molecule is CC1=CCC(C2OCC(C)CO2)=CC(NC(=O)CC(F)(F)F)=C1. The van der Waals surface area contributed by atoms with Crippen molar-refractivity contribution < 1.29 is 27.4 Å². The first-order valence-corrected chi connectivity index (χ1v) is 7.41. The van der Waals surface area contributed by atoms with E-state index < -0.39 is 24.8 Å². The second-order valence-corrected chi connectivity index (χ2v) is 5.92. The van der Waals surface area contributed by atoms with Gasteiger partial charge in [-0.3, -0.25) is 4.79 Å². The zero-order chi connectivity index (χ0) is 17.0. The Labute approximate surface area is 133 Å². The summed E-state index contributed by atoms with van der Waals surface area (Å²) in [4.78, 5) is 11.5. The number of carbonyl (C=O) groups is 1. The predicted molar refractivity (Wildman–Crippen MR) is 78.2 cm³/mol. The molecule has 23 heavy (non-hydrogen) atoms. The monoisotopic (exact) mass is 331 g/mol. The van der Waals surface area contributed by atoms with E-state index in [0.29, 0.717) is 31.2 Å². The summed E-state index contributed by atoms with van der Waals surface area (Å²) in [5, 5.41) is 2.30. The summed E-state index contributed by atoms with van der Waals surface area (Å²) >= 11 is 0. The Kier molecular flexibility index (Phi) is 5.64. The van der Waals surface area contributed by atoms with Crippen LogP contribution < -0.4 is 5.32 Å². The van der Waals surface area contributed by atoms with Gasteiger partial charge in [0.15, 0.2) is 6.29 Å². The van der Waals surface area contributed by atoms with E-state index in [1.165, 1.54) is 0 Å². The van der Waals surface area contributed by atoms with Crippen LogP contribution in [0.25, 0.3) is 0 Å². The number of nitrogens with one attached hydrogen (secondary N) is 1. The molecule has 0 bridgehead atoms. The summed E-state index contributed by atoms with van der Waals surface area (Å²) in [7, 11) is 0. The number of hydrogen-bond donors (Lipinski definition) is 1. The average molecular weight is 331 g/mol. The highest BCUT2D eigenvalue weighted by atomic mass is 19.4. The molecule has 0 aromatic carbocycles. The summed E-state index contributed by atoms with van der Waals surface area (Å²) in [6, 6.07) is 0. The standard InChI is InChI=1S/C16H20F3NO3/c1-10-3-4-12(15-22-8-11(2)9-23-15)6-13(5-10)20-14(21)7-16(17,18)19/h3,5-6,11,15H,4,7-9H2,1-2H3,(H,20,21). The molecule has 1 N–H and O–H groups in total. The van der Waals surface area contributed by atoms with Crippen LogP contribution in [0.1, 0.15) is 26.7 Å². The minimum atomic E-state index is -4.53. The van der Waals surface area contributed by atoms with E-state index in [2.05, 4.69) is 5.32 Å². The predicted octanol–water partition coefficient (Wildman–Crippen LogP) is 3.22. The fraction of sp³-hybridized carbons (Fsp3) is 0.562. The molecule has 0 atom stereocenters. The molecule has 0 radical (unpaired) electrons. The van der Waals surface area contributed by atoms with Gasteiger partial charge in [-0.15, -0.1) is 0 Å². The van der Waals surface area contributed by atoms with Crippen LogP contribution in [0.5, 0.6) is 0 Å². The number of alkyl halides is 3. The molecule has 128 valence electrons. The van der Waals surface area contributed by atoms with Crippen molar-refractivity contribution in [3.8, 4) is 0 Å². The summed E-state index contributed by atoms with van der Waals surface area (Å²) in [5.41, 5.74) is 1.93. The van der Waals surface area contributed by atoms with Crippen molar-refractivity contribution >= 4 is 5.91 Å². The molecule has 1 fully saturated rings. The summed E-state index contributed by atoms with van der Waals surface area (Å²) in [6.45, 7) is 4.94. The number of allylic oxidation sites excluding steroid dienone is 4. The van der Waals surface area contributed by atoms with Crippen molar-refractivity contribution in [2.24, 2.45) is 5.92 Å². The maximum atomic E-state index is 12.3. The van der Waals surface area contributed by atoms with E-state index in [9.17, 15) is 18.0 Å². The lowest BCUT2D eigenvalue weighted by Gasteiger charge is -2.29. The highest BCUT2D eigenvalue weighted by molar-refractivity contribution is 5.79. The molecule has 1 saturated heterocycles. The molecule has 0 spiro atoms. The molecule has 0 aromatic rings. The number of halogens is 3. The van der Waals surface area contributed by atoms with E-state index in [-0.39, 0.29) is 0 Å². The molecular formula is C16H20F3NO3. The van der Waals surface area contributed by atoms with Crippen molar-refractivity contribution in [2.45, 2.75) is 39.2 Å². The lowest BCUT2D eigenvalue weighted by molar-refractivity contribution is -0.177. The van der Waals surface area contributed by atoms with Crippen LogP contribution >= 0.6 is 0 Å². The average Bonchev–Trinajstić information content (AvgIpc) is 2.59. The zero-order valence-corrected chi connectivity index (χ0v) is 13.1. The lowest BCUT2D eigenvalue weighted by atomic mass is 10.1. The van der Waals surface area contributed by atoms with E-state index in [1.807, 2.05) is 19.9 Å². The first-order valence-electron chi connectivity index (χ1n) is 7.41. The van der Waals surface area contributed by atoms with Crippen LogP contribution in [0.15, 0.2) is 35.1 Å². The van der Waals surface area contributed by atoms with Gasteiger partial charge in [0.2, 0.25) is 5.91 Å². The van der Waals surface area contributed by atoms with Crippen LogP contribution in [0.2, 0.25) is 0 Å². The third-order valence-corrected chi connectivity index (χ3v) is 3.40. The van der Waals surface area contributed by atoms with E-state index in [0.717, 1.165) is 11.1 Å². The van der Waals surface area contributed by atoms with Gasteiger partial charge in [0.05, 0.1) is 13.2 Å². The van der Waals surface area contributed by atoms with Gasteiger partial charge in [-0.25, -0.2) is 0 Å². The second kappa shape index (κ2) is 7.31. The molecular weight excluding hydrogens is 311 g/mol. The van der Waals surface area contributed by atoms with Gasteiger partial charge in [0.25, 0.3) is 0 Å². The van der Waals surface area contributed by atoms with Crippen molar-refractivity contribution in [1.82, 2.24) is 5.32 Å². The quantitative estimate of drug-likeness (QED) is 0.864. The Balaban J connectivity index is 2.08. The fourth-order valence-corrected chi connectivity index (χ4v) is 2.32. The van der Waals surface area contributed by atoms with Gasteiger partial charge < -0.3 is 14.8 Å². The highest BCUT2D eigenvalue weighted by Crippen LogP contribution is 2.25. The van der Waals surface area contributed by atoms with Crippen molar-refractivity contribution in [1.29, 1.82) is 0 Å². The van der Waals surface area contributed by atoms with Gasteiger partial charge in [0.1, 0.15) is 6.42 Å². The highest BCUT2D eigenvalue weighted by Gasteiger charge is 2.31. The Morgan fingerprint density at radius 2 is 1.96 bits per heavy atom. The largest absolute Gasteiger partial charge is 0.397 e. The Bertz CT molecular complexity index is 541. The van der Waals surface area contributed by atoms with E-state index in [4.69, 9.17) is 9.47 Å². The smallest absolute Gasteiger partial charge is 0.348 e. The Morgan fingerprint density at radius 3 is 2.57 bits per heavy atom. The number of ether oxygens (including phenoxy) is 2. The van der Waals surface area contributed by atoms with Crippen molar-refractivity contribution in [2.75, 3.05) is 13.2 Å². The fourth-order valence-electron chi connectivity index (χ4n) is 2.32. The van der Waals surface area contributed by atoms with Crippen molar-refractivity contribution in [3.63, 3.8) is 0 Å². The van der Waals surface area contributed by atoms with Crippen LogP contribution in [0.3, 0.4) is 0 Å². The molecule has 2 aliphatic rings. The van der Waals surface area contributed by atoms with E-state index in [1.54, 1.807) is 12.2 Å². The lowest BCUT2D eigenvalue weighted by Crippen LogP contribution is -2.32. The van der Waals surface area contributed by atoms with Crippen LogP contribution in [0.4, 0.5) is 13.2 Å². The Morgan fingerprint density at radius 1 is 1.30 bits per heavy atom. The number of rotatable bonds is 3. The minimum Gasteiger partial charge on any atom is -0.348 e. The molecule has 0 saturated carbocycles. The third-order valence-electron chi connectivity index (χ3n) is 3.40. The maximum absolute atomic E-state index is 12.3. The molecule has 2 rings (SSSR count). The summed E-state index contributed by atoms with van der Waals surface area (Å²) < 4.78 is 48.1. The van der Waals surface area contributed by atoms with Gasteiger partial charge in [-0.1, -0.05) is 18.6 Å². The van der Waals surface area contributed by atoms with Gasteiger partial charge >= 0.3 is 6.18 Å². The van der Waals surface area contributed by atoms with E-state index >= 15 is 0 Å². The molecule has 1 heterocycles. The van der Waals surface area contributed by atoms with Crippen LogP contribution in [0, 0.1) is 5.92 Å². The van der Waals surface area contributed by atoms with Crippen molar-refractivity contribution in [3.05, 3.63) is 35.1 Å². The zero-order valence-electron chi connectivity index (χ0n) is 13.1. The third kappa shape index (κ3) is 5.84. The first kappa shape index (κ1) is 17.7. The van der Waals surface area contributed by atoms with Crippen LogP contribution in [-0.2, 0) is 14.3 Å². The molecule has 7 heteroatoms. The molecule has 0 aromatic heterocycles. The number of amides is 1. The van der Waals surface area contributed by atoms with Gasteiger partial charge in [0, 0.05) is 11.6 Å². The molecule has 1 amide bonds. The van der Waals surface area contributed by atoms with Gasteiger partial charge in [-0.2, -0.15) is 13.2 Å². The molecule has 1 aliphatic carbocycles. The Hall–Kier alpha value is -1.60. The van der Waals surface area contributed by atoms with Gasteiger partial charge in [-0.05, 0) is 31.1 Å². The second-order valence-electron chi connectivity index (χ2n) is 5.92. The molecule has 0 unspecified atom stereocenters. The molecule has 4 nitrogen and oxygen atoms in total. The number of carbonyl (C=O) groups excluding carboxylic acids is 1. The minimum absolute atomic E-state index is 0.302. The summed E-state index contributed by atoms with van der Waals surface area (Å²) in [5.74, 6) is -0.787. The normalized spacial score (nSPS) is 25.9. The number of hydrogen-bond acceptors (Lipinski definition) is 3. The molecule has 1 aliphatic heterocycles.